The van der Waals surface area contributed by atoms with E-state index in [4.69, 9.17) is 0 Å². The van der Waals surface area contributed by atoms with Gasteiger partial charge in [0.15, 0.2) is 0 Å². The van der Waals surface area contributed by atoms with Crippen LogP contribution in [0.3, 0.4) is 0 Å². The lowest BCUT2D eigenvalue weighted by atomic mass is 10.2. The van der Waals surface area contributed by atoms with E-state index in [-0.39, 0.29) is 0 Å². The highest BCUT2D eigenvalue weighted by Gasteiger charge is 2.05. The van der Waals surface area contributed by atoms with E-state index in [1.807, 2.05) is 6.92 Å². The van der Waals surface area contributed by atoms with Crippen LogP contribution in [0.1, 0.15) is 19.8 Å². The molecule has 56 valence electrons. The average molecular weight is 138 g/mol. The minimum Gasteiger partial charge on any atom is -0.363 e. The van der Waals surface area contributed by atoms with Crippen molar-refractivity contribution in [3.63, 3.8) is 0 Å². The molecule has 0 saturated carbocycles. The molecule has 0 aliphatic carbocycles. The molecule has 0 radical (unpaired) electrons. The number of hydrogen-bond acceptors (Lipinski definition) is 2. The van der Waals surface area contributed by atoms with E-state index in [0.717, 1.165) is 24.5 Å². The molecule has 10 heavy (non-hydrogen) atoms. The van der Waals surface area contributed by atoms with E-state index in [0.29, 0.717) is 0 Å². The molecule has 0 aromatic heterocycles. The van der Waals surface area contributed by atoms with Crippen LogP contribution < -0.4 is 0 Å². The topological polar surface area (TPSA) is 15.6 Å². The van der Waals surface area contributed by atoms with E-state index in [1.165, 1.54) is 6.42 Å². The van der Waals surface area contributed by atoms with Gasteiger partial charge < -0.3 is 4.90 Å². The smallest absolute Gasteiger partial charge is 0.101 e. The molecule has 0 bridgehead atoms. The third-order valence-electron chi connectivity index (χ3n) is 1.83. The van der Waals surface area contributed by atoms with Gasteiger partial charge in [-0.05, 0) is 19.8 Å². The number of aliphatic imine (C=N–C) groups is 1. The Morgan fingerprint density at radius 3 is 3.00 bits per heavy atom. The first-order valence-corrected chi connectivity index (χ1v) is 3.64. The fourth-order valence-corrected chi connectivity index (χ4v) is 1.05. The minimum absolute atomic E-state index is 1.02. The molecule has 1 aliphatic heterocycles. The van der Waals surface area contributed by atoms with E-state index in [2.05, 4.69) is 23.5 Å². The zero-order valence-electron chi connectivity index (χ0n) is 6.72. The van der Waals surface area contributed by atoms with Crippen LogP contribution in [-0.2, 0) is 0 Å². The minimum atomic E-state index is 1.02. The highest BCUT2D eigenvalue weighted by Crippen LogP contribution is 2.10. The number of nitrogens with zero attached hydrogens (tertiary/aromatic N) is 2. The first-order valence-electron chi connectivity index (χ1n) is 3.64. The monoisotopic (exact) mass is 138 g/mol. The summed E-state index contributed by atoms with van der Waals surface area (Å²) in [7, 11) is 2.07. The van der Waals surface area contributed by atoms with Crippen molar-refractivity contribution in [2.45, 2.75) is 19.8 Å². The zero-order chi connectivity index (χ0) is 7.56. The Morgan fingerprint density at radius 1 is 1.60 bits per heavy atom. The molecule has 0 amide bonds. The SMILES string of the molecule is C=C1CCCN(C)C(C)=N1. The summed E-state index contributed by atoms with van der Waals surface area (Å²) in [5, 5.41) is 0. The van der Waals surface area contributed by atoms with E-state index in [9.17, 15) is 0 Å². The maximum absolute atomic E-state index is 4.31. The third-order valence-corrected chi connectivity index (χ3v) is 1.83. The molecule has 0 aromatic carbocycles. The van der Waals surface area contributed by atoms with E-state index in [1.54, 1.807) is 0 Å². The quantitative estimate of drug-likeness (QED) is 0.497. The molecule has 0 spiro atoms. The second kappa shape index (κ2) is 2.86. The van der Waals surface area contributed by atoms with Gasteiger partial charge in [0.1, 0.15) is 5.84 Å². The van der Waals surface area contributed by atoms with Crippen LogP contribution >= 0.6 is 0 Å². The Bertz CT molecular complexity index is 170. The van der Waals surface area contributed by atoms with Gasteiger partial charge in [-0.2, -0.15) is 0 Å². The lowest BCUT2D eigenvalue weighted by Crippen LogP contribution is -2.23. The largest absolute Gasteiger partial charge is 0.363 e. The van der Waals surface area contributed by atoms with Crippen molar-refractivity contribution in [1.29, 1.82) is 0 Å². The average Bonchev–Trinajstić information content (AvgIpc) is 1.96. The molecule has 0 saturated heterocycles. The van der Waals surface area contributed by atoms with Crippen LogP contribution in [0, 0.1) is 0 Å². The van der Waals surface area contributed by atoms with Gasteiger partial charge in [0.2, 0.25) is 0 Å². The van der Waals surface area contributed by atoms with Gasteiger partial charge in [-0.15, -0.1) is 0 Å². The molecule has 2 heteroatoms. The molecule has 1 heterocycles. The Kier molecular flexibility index (Phi) is 2.10. The molecule has 2 nitrogen and oxygen atoms in total. The van der Waals surface area contributed by atoms with Crippen LogP contribution in [0.5, 0.6) is 0 Å². The van der Waals surface area contributed by atoms with Crippen molar-refractivity contribution in [3.05, 3.63) is 12.3 Å². The number of allylic oxidation sites excluding steroid dienone is 1. The summed E-state index contributed by atoms with van der Waals surface area (Å²) in [5.74, 6) is 1.09. The van der Waals surface area contributed by atoms with Gasteiger partial charge >= 0.3 is 0 Å². The molecule has 0 aromatic rings. The first kappa shape index (κ1) is 7.32. The van der Waals surface area contributed by atoms with E-state index >= 15 is 0 Å². The van der Waals surface area contributed by atoms with Crippen LogP contribution in [-0.4, -0.2) is 24.3 Å². The van der Waals surface area contributed by atoms with Gasteiger partial charge in [0.25, 0.3) is 0 Å². The highest BCUT2D eigenvalue weighted by molar-refractivity contribution is 5.80. The fourth-order valence-electron chi connectivity index (χ4n) is 1.05. The van der Waals surface area contributed by atoms with Crippen molar-refractivity contribution in [1.82, 2.24) is 4.90 Å². The molecular weight excluding hydrogens is 124 g/mol. The molecule has 1 aliphatic rings. The number of rotatable bonds is 0. The van der Waals surface area contributed by atoms with Crippen LogP contribution in [0.25, 0.3) is 0 Å². The standard InChI is InChI=1S/C8H14N2/c1-7-5-4-6-10(3)8(2)9-7/h1,4-6H2,2-3H3. The predicted molar refractivity (Wildman–Crippen MR) is 44.1 cm³/mol. The van der Waals surface area contributed by atoms with Gasteiger partial charge in [0.05, 0.1) is 0 Å². The summed E-state index contributed by atoms with van der Waals surface area (Å²) in [6.45, 7) is 6.97. The molecular formula is C8H14N2. The van der Waals surface area contributed by atoms with Gasteiger partial charge in [-0.25, -0.2) is 4.99 Å². The maximum atomic E-state index is 4.31. The summed E-state index contributed by atoms with van der Waals surface area (Å²) < 4.78 is 0. The molecule has 0 atom stereocenters. The summed E-state index contributed by atoms with van der Waals surface area (Å²) in [5.41, 5.74) is 1.02. The van der Waals surface area contributed by atoms with Crippen molar-refractivity contribution in [2.75, 3.05) is 13.6 Å². The predicted octanol–water partition coefficient (Wildman–Crippen LogP) is 1.64. The fraction of sp³-hybridized carbons (Fsp3) is 0.625. The Labute approximate surface area is 62.3 Å². The molecule has 1 rings (SSSR count). The maximum Gasteiger partial charge on any atom is 0.101 e. The second-order valence-electron chi connectivity index (χ2n) is 2.75. The van der Waals surface area contributed by atoms with Gasteiger partial charge in [-0.3, -0.25) is 0 Å². The summed E-state index contributed by atoms with van der Waals surface area (Å²) in [4.78, 5) is 6.47. The summed E-state index contributed by atoms with van der Waals surface area (Å²) in [6, 6.07) is 0. The van der Waals surface area contributed by atoms with Crippen molar-refractivity contribution < 1.29 is 0 Å². The van der Waals surface area contributed by atoms with Gasteiger partial charge in [0, 0.05) is 19.3 Å². The highest BCUT2D eigenvalue weighted by atomic mass is 15.2. The second-order valence-corrected chi connectivity index (χ2v) is 2.75. The first-order chi connectivity index (χ1) is 4.70. The lowest BCUT2D eigenvalue weighted by Gasteiger charge is -2.14. The number of amidine groups is 1. The van der Waals surface area contributed by atoms with Crippen LogP contribution in [0.4, 0.5) is 0 Å². The zero-order valence-corrected chi connectivity index (χ0v) is 6.72. The Balaban J connectivity index is 2.70. The van der Waals surface area contributed by atoms with Crippen molar-refractivity contribution in [3.8, 4) is 0 Å². The lowest BCUT2D eigenvalue weighted by molar-refractivity contribution is 0.496. The Hall–Kier alpha value is -0.790. The molecule has 0 unspecified atom stereocenters. The number of hydrogen-bond donors (Lipinski definition) is 0. The van der Waals surface area contributed by atoms with Crippen molar-refractivity contribution >= 4 is 5.84 Å². The summed E-state index contributed by atoms with van der Waals surface area (Å²) in [6.07, 6.45) is 2.22. The third kappa shape index (κ3) is 1.59. The Morgan fingerprint density at radius 2 is 2.30 bits per heavy atom. The molecule has 0 fully saturated rings. The van der Waals surface area contributed by atoms with Crippen molar-refractivity contribution in [2.24, 2.45) is 4.99 Å². The van der Waals surface area contributed by atoms with E-state index < -0.39 is 0 Å². The summed E-state index contributed by atoms with van der Waals surface area (Å²) >= 11 is 0. The molecule has 0 N–H and O–H groups in total. The van der Waals surface area contributed by atoms with Gasteiger partial charge in [-0.1, -0.05) is 6.58 Å². The van der Waals surface area contributed by atoms with Crippen LogP contribution in [0.15, 0.2) is 17.3 Å². The normalized spacial score (nSPS) is 20.4. The van der Waals surface area contributed by atoms with Crippen LogP contribution in [0.2, 0.25) is 0 Å².